The summed E-state index contributed by atoms with van der Waals surface area (Å²) >= 11 is 0. The van der Waals surface area contributed by atoms with Gasteiger partial charge in [0.2, 0.25) is 0 Å². The van der Waals surface area contributed by atoms with Gasteiger partial charge in [-0.25, -0.2) is 14.0 Å². The summed E-state index contributed by atoms with van der Waals surface area (Å²) in [6.45, 7) is 12.3. The van der Waals surface area contributed by atoms with E-state index in [4.69, 9.17) is 15.3 Å². The lowest BCUT2D eigenvalue weighted by Gasteiger charge is -2.38. The van der Waals surface area contributed by atoms with Crippen LogP contribution in [0.2, 0.25) is 0 Å². The van der Waals surface area contributed by atoms with Crippen molar-refractivity contribution in [1.29, 1.82) is 0 Å². The summed E-state index contributed by atoms with van der Waals surface area (Å²) in [5.74, 6) is -0.879. The monoisotopic (exact) mass is 374 g/mol. The van der Waals surface area contributed by atoms with Gasteiger partial charge in [-0.3, -0.25) is 0 Å². The SMILES string of the molecule is Cc1cc(C)n(C(c2ccccc2)(n2nc(C)cc2C)n2nc(C)cc2C)n1. The molecule has 0 amide bonds. The average molecular weight is 374 g/mol. The predicted molar refractivity (Wildman–Crippen MR) is 109 cm³/mol. The van der Waals surface area contributed by atoms with Crippen LogP contribution in [0.3, 0.4) is 0 Å². The Balaban J connectivity index is 2.23. The average Bonchev–Trinajstić information content (AvgIpc) is 3.28. The number of rotatable bonds is 4. The fourth-order valence-electron chi connectivity index (χ4n) is 4.13. The second kappa shape index (κ2) is 6.48. The molecule has 28 heavy (non-hydrogen) atoms. The highest BCUT2D eigenvalue weighted by molar-refractivity contribution is 5.31. The maximum atomic E-state index is 4.91. The summed E-state index contributed by atoms with van der Waals surface area (Å²) in [4.78, 5) is 0. The molecule has 3 heterocycles. The number of aromatic nitrogens is 6. The first-order valence-electron chi connectivity index (χ1n) is 9.51. The molecule has 6 nitrogen and oxygen atoms in total. The van der Waals surface area contributed by atoms with Gasteiger partial charge in [-0.15, -0.1) is 0 Å². The first-order valence-corrected chi connectivity index (χ1v) is 9.51. The van der Waals surface area contributed by atoms with Gasteiger partial charge in [0, 0.05) is 22.6 Å². The fraction of sp³-hybridized carbons (Fsp3) is 0.318. The Morgan fingerprint density at radius 2 is 0.929 bits per heavy atom. The van der Waals surface area contributed by atoms with E-state index in [-0.39, 0.29) is 0 Å². The minimum absolute atomic E-state index is 0.879. The van der Waals surface area contributed by atoms with E-state index < -0.39 is 5.79 Å². The van der Waals surface area contributed by atoms with Crippen LogP contribution in [0.25, 0.3) is 0 Å². The smallest absolute Gasteiger partial charge is 0.218 e. The van der Waals surface area contributed by atoms with Crippen molar-refractivity contribution >= 4 is 0 Å². The van der Waals surface area contributed by atoms with Crippen LogP contribution < -0.4 is 0 Å². The van der Waals surface area contributed by atoms with E-state index in [2.05, 4.69) is 51.1 Å². The van der Waals surface area contributed by atoms with Gasteiger partial charge in [-0.2, -0.15) is 15.3 Å². The molecule has 0 saturated heterocycles. The van der Waals surface area contributed by atoms with Crippen molar-refractivity contribution in [3.8, 4) is 0 Å². The lowest BCUT2D eigenvalue weighted by Crippen LogP contribution is -2.52. The first-order chi connectivity index (χ1) is 13.3. The Labute approximate surface area is 165 Å². The van der Waals surface area contributed by atoms with Crippen LogP contribution in [0.1, 0.15) is 39.7 Å². The molecule has 1 aromatic carbocycles. The standard InChI is InChI=1S/C22H26N6/c1-15-12-18(4)26(23-15)22(21-10-8-7-9-11-21,27-19(5)13-16(2)24-27)28-20(6)14-17(3)25-28/h7-14H,1-6H3. The number of hydrogen-bond donors (Lipinski definition) is 0. The van der Waals surface area contributed by atoms with Crippen molar-refractivity contribution in [2.45, 2.75) is 47.3 Å². The largest absolute Gasteiger partial charge is 0.277 e. The molecule has 6 heteroatoms. The van der Waals surface area contributed by atoms with Crippen LogP contribution in [0, 0.1) is 41.5 Å². The fourth-order valence-corrected chi connectivity index (χ4v) is 4.13. The number of hydrogen-bond acceptors (Lipinski definition) is 3. The zero-order valence-electron chi connectivity index (χ0n) is 17.3. The summed E-state index contributed by atoms with van der Waals surface area (Å²) in [5, 5.41) is 14.7. The van der Waals surface area contributed by atoms with Crippen LogP contribution in [0.15, 0.2) is 48.5 Å². The molecule has 0 fully saturated rings. The van der Waals surface area contributed by atoms with Crippen LogP contribution in [-0.2, 0) is 5.79 Å². The predicted octanol–water partition coefficient (Wildman–Crippen LogP) is 3.88. The summed E-state index contributed by atoms with van der Waals surface area (Å²) < 4.78 is 6.11. The molecule has 4 rings (SSSR count). The van der Waals surface area contributed by atoms with E-state index in [1.54, 1.807) is 0 Å². The number of benzene rings is 1. The molecule has 0 radical (unpaired) electrons. The topological polar surface area (TPSA) is 53.5 Å². The van der Waals surface area contributed by atoms with Gasteiger partial charge in [0.1, 0.15) is 0 Å². The minimum Gasteiger partial charge on any atom is -0.218 e. The minimum atomic E-state index is -0.879. The third-order valence-corrected chi connectivity index (χ3v) is 5.08. The van der Waals surface area contributed by atoms with Crippen LogP contribution in [0.5, 0.6) is 0 Å². The van der Waals surface area contributed by atoms with E-state index in [9.17, 15) is 0 Å². The zero-order valence-corrected chi connectivity index (χ0v) is 17.3. The molecular weight excluding hydrogens is 348 g/mol. The quantitative estimate of drug-likeness (QED) is 0.545. The molecule has 144 valence electrons. The maximum Gasteiger partial charge on any atom is 0.277 e. The Hall–Kier alpha value is -3.15. The van der Waals surface area contributed by atoms with Gasteiger partial charge in [-0.05, 0) is 59.7 Å². The number of aryl methyl sites for hydroxylation is 6. The highest BCUT2D eigenvalue weighted by atomic mass is 15.6. The normalized spacial score (nSPS) is 11.9. The molecular formula is C22H26N6. The van der Waals surface area contributed by atoms with Gasteiger partial charge in [0.15, 0.2) is 0 Å². The summed E-state index contributed by atoms with van der Waals surface area (Å²) in [5.41, 5.74) is 7.05. The second-order valence-electron chi connectivity index (χ2n) is 7.52. The van der Waals surface area contributed by atoms with Crippen LogP contribution in [0.4, 0.5) is 0 Å². The van der Waals surface area contributed by atoms with E-state index in [1.807, 2.05) is 53.0 Å². The lowest BCUT2D eigenvalue weighted by molar-refractivity contribution is 0.157. The third-order valence-electron chi connectivity index (χ3n) is 5.08. The van der Waals surface area contributed by atoms with Gasteiger partial charge in [0.25, 0.3) is 5.79 Å². The lowest BCUT2D eigenvalue weighted by atomic mass is 10.1. The number of nitrogens with zero attached hydrogens (tertiary/aromatic N) is 6. The molecule has 4 aromatic rings. The molecule has 0 aliphatic heterocycles. The third kappa shape index (κ3) is 2.59. The molecule has 0 N–H and O–H groups in total. The van der Waals surface area contributed by atoms with Crippen molar-refractivity contribution in [2.24, 2.45) is 0 Å². The van der Waals surface area contributed by atoms with E-state index in [0.29, 0.717) is 0 Å². The molecule has 0 unspecified atom stereocenters. The summed E-state index contributed by atoms with van der Waals surface area (Å²) in [6, 6.07) is 16.6. The van der Waals surface area contributed by atoms with Gasteiger partial charge in [-0.1, -0.05) is 30.3 Å². The Bertz CT molecular complexity index is 1020. The highest BCUT2D eigenvalue weighted by Gasteiger charge is 2.44. The van der Waals surface area contributed by atoms with Crippen molar-refractivity contribution in [3.05, 3.63) is 88.3 Å². The summed E-state index contributed by atoms with van der Waals surface area (Å²) in [7, 11) is 0. The molecule has 0 saturated carbocycles. The van der Waals surface area contributed by atoms with Crippen LogP contribution >= 0.6 is 0 Å². The zero-order chi connectivity index (χ0) is 20.1. The van der Waals surface area contributed by atoms with Crippen LogP contribution in [-0.4, -0.2) is 29.3 Å². The molecule has 0 aliphatic carbocycles. The van der Waals surface area contributed by atoms with Gasteiger partial charge in [0.05, 0.1) is 17.1 Å². The van der Waals surface area contributed by atoms with Gasteiger partial charge < -0.3 is 0 Å². The van der Waals surface area contributed by atoms with Crippen molar-refractivity contribution in [3.63, 3.8) is 0 Å². The Morgan fingerprint density at radius 1 is 0.571 bits per heavy atom. The Kier molecular flexibility index (Phi) is 4.22. The van der Waals surface area contributed by atoms with Crippen molar-refractivity contribution in [1.82, 2.24) is 29.3 Å². The van der Waals surface area contributed by atoms with E-state index >= 15 is 0 Å². The second-order valence-corrected chi connectivity index (χ2v) is 7.52. The van der Waals surface area contributed by atoms with Crippen molar-refractivity contribution in [2.75, 3.05) is 0 Å². The molecule has 0 spiro atoms. The molecule has 3 aromatic heterocycles. The molecule has 0 aliphatic rings. The molecule has 0 atom stereocenters. The van der Waals surface area contributed by atoms with E-state index in [1.165, 1.54) is 0 Å². The Morgan fingerprint density at radius 3 is 1.21 bits per heavy atom. The summed E-state index contributed by atoms with van der Waals surface area (Å²) in [6.07, 6.45) is 0. The maximum absolute atomic E-state index is 4.91. The van der Waals surface area contributed by atoms with Gasteiger partial charge >= 0.3 is 0 Å². The van der Waals surface area contributed by atoms with E-state index in [0.717, 1.165) is 39.7 Å². The van der Waals surface area contributed by atoms with Crippen molar-refractivity contribution < 1.29 is 0 Å². The first kappa shape index (κ1) is 18.2. The highest BCUT2D eigenvalue weighted by Crippen LogP contribution is 2.33. The molecule has 0 bridgehead atoms.